The van der Waals surface area contributed by atoms with Crippen LogP contribution in [0.25, 0.3) is 0 Å². The Balaban J connectivity index is 1.79. The third-order valence-electron chi connectivity index (χ3n) is 14.4. The summed E-state index contributed by atoms with van der Waals surface area (Å²) in [4.78, 5) is 13.2. The number of amides is 1. The molecule has 9 N–H and O–H groups in total. The zero-order chi connectivity index (χ0) is 51.7. The molecule has 0 aromatic heterocycles. The van der Waals surface area contributed by atoms with Gasteiger partial charge in [-0.15, -0.1) is 0 Å². The molecule has 0 spiro atoms. The van der Waals surface area contributed by atoms with E-state index in [9.17, 15) is 45.6 Å². The lowest BCUT2D eigenvalue weighted by Gasteiger charge is -2.46. The third kappa shape index (κ3) is 30.0. The second-order valence-corrected chi connectivity index (χ2v) is 20.8. The van der Waals surface area contributed by atoms with Gasteiger partial charge < -0.3 is 65.1 Å². The van der Waals surface area contributed by atoms with Gasteiger partial charge in [0.25, 0.3) is 0 Å². The second kappa shape index (κ2) is 43.7. The van der Waals surface area contributed by atoms with Crippen LogP contribution in [0.3, 0.4) is 0 Å². The molecule has 0 aromatic carbocycles. The van der Waals surface area contributed by atoms with E-state index in [0.29, 0.717) is 6.42 Å². The minimum Gasteiger partial charge on any atom is -0.394 e. The number of ether oxygens (including phenoxy) is 4. The summed E-state index contributed by atoms with van der Waals surface area (Å²) in [5.74, 6) is -0.242. The van der Waals surface area contributed by atoms with E-state index < -0.39 is 86.8 Å². The Morgan fingerprint density at radius 3 is 1.34 bits per heavy atom. The molecule has 2 fully saturated rings. The van der Waals surface area contributed by atoms with E-state index in [1.165, 1.54) is 167 Å². The summed E-state index contributed by atoms with van der Waals surface area (Å²) in [6, 6.07) is -0.914. The van der Waals surface area contributed by atoms with Gasteiger partial charge in [-0.3, -0.25) is 4.79 Å². The van der Waals surface area contributed by atoms with Gasteiger partial charge in [-0.1, -0.05) is 212 Å². The van der Waals surface area contributed by atoms with Crippen LogP contribution in [-0.4, -0.2) is 140 Å². The first kappa shape index (κ1) is 65.6. The number of rotatable bonds is 46. The quantitative estimate of drug-likeness (QED) is 0.0205. The van der Waals surface area contributed by atoms with Crippen molar-refractivity contribution in [3.8, 4) is 0 Å². The minimum absolute atomic E-state index is 0.242. The van der Waals surface area contributed by atoms with E-state index in [1.54, 1.807) is 6.08 Å². The summed E-state index contributed by atoms with van der Waals surface area (Å²) in [6.07, 6.45) is 33.5. The predicted octanol–water partition coefficient (Wildman–Crippen LogP) is 9.28. The number of carbonyl (C=O) groups is 1. The van der Waals surface area contributed by atoms with Gasteiger partial charge in [-0.05, 0) is 44.9 Å². The van der Waals surface area contributed by atoms with Crippen LogP contribution in [0, 0.1) is 0 Å². The van der Waals surface area contributed by atoms with E-state index >= 15 is 0 Å². The van der Waals surface area contributed by atoms with Crippen LogP contribution in [-0.2, 0) is 23.7 Å². The topological polar surface area (TPSA) is 228 Å². The molecule has 1 amide bonds. The number of nitrogens with one attached hydrogen (secondary N) is 1. The van der Waals surface area contributed by atoms with Crippen molar-refractivity contribution in [2.45, 2.75) is 312 Å². The lowest BCUT2D eigenvalue weighted by molar-refractivity contribution is -0.359. The average Bonchev–Trinajstić information content (AvgIpc) is 3.37. The van der Waals surface area contributed by atoms with Gasteiger partial charge in [0, 0.05) is 6.42 Å². The van der Waals surface area contributed by atoms with Crippen molar-refractivity contribution >= 4 is 5.91 Å². The molecule has 2 rings (SSSR count). The van der Waals surface area contributed by atoms with E-state index in [0.717, 1.165) is 44.9 Å². The smallest absolute Gasteiger partial charge is 0.220 e. The number of unbranched alkanes of at least 4 members (excludes halogenated alkanes) is 31. The van der Waals surface area contributed by atoms with Crippen LogP contribution in [0.2, 0.25) is 0 Å². The van der Waals surface area contributed by atoms with Gasteiger partial charge in [0.1, 0.15) is 48.8 Å². The Labute approximate surface area is 430 Å². The molecule has 2 aliphatic rings. The molecule has 2 heterocycles. The van der Waals surface area contributed by atoms with Gasteiger partial charge in [0.2, 0.25) is 5.91 Å². The van der Waals surface area contributed by atoms with Crippen molar-refractivity contribution in [2.75, 3.05) is 19.8 Å². The molecule has 12 unspecified atom stereocenters. The van der Waals surface area contributed by atoms with Gasteiger partial charge in [-0.25, -0.2) is 0 Å². The van der Waals surface area contributed by atoms with Crippen molar-refractivity contribution in [3.05, 3.63) is 24.3 Å². The summed E-state index contributed by atoms with van der Waals surface area (Å²) < 4.78 is 22.8. The number of hydrogen-bond donors (Lipinski definition) is 9. The summed E-state index contributed by atoms with van der Waals surface area (Å²) in [5, 5.41) is 87.0. The average molecular weight is 1010 g/mol. The third-order valence-corrected chi connectivity index (χ3v) is 14.4. The number of aliphatic hydroxyl groups is 8. The fourth-order valence-electron chi connectivity index (χ4n) is 9.64. The highest BCUT2D eigenvalue weighted by Gasteiger charge is 2.51. The molecule has 71 heavy (non-hydrogen) atoms. The molecule has 0 saturated carbocycles. The van der Waals surface area contributed by atoms with Crippen molar-refractivity contribution in [1.29, 1.82) is 0 Å². The highest BCUT2D eigenvalue weighted by atomic mass is 16.7. The fourth-order valence-corrected chi connectivity index (χ4v) is 9.64. The van der Waals surface area contributed by atoms with Crippen LogP contribution in [0.4, 0.5) is 0 Å². The Kier molecular flexibility index (Phi) is 40.4. The molecular formula is C57H107NO13. The Bertz CT molecular complexity index is 1290. The Morgan fingerprint density at radius 2 is 0.887 bits per heavy atom. The SMILES string of the molecule is CCCCCCCC/C=C\CCCCCCCCCC(=O)NC(COC1OC(CO)C(OC2OC(CO)C(O)C(O)C2O)C(O)C1O)C(O)/C=C/CCCCCCCCCCCCCCCCCCCC. The highest BCUT2D eigenvalue weighted by molar-refractivity contribution is 5.76. The van der Waals surface area contributed by atoms with Crippen molar-refractivity contribution in [2.24, 2.45) is 0 Å². The predicted molar refractivity (Wildman–Crippen MR) is 282 cm³/mol. The first-order valence-electron chi connectivity index (χ1n) is 29.1. The van der Waals surface area contributed by atoms with Gasteiger partial charge in [0.05, 0.1) is 32.0 Å². The van der Waals surface area contributed by atoms with E-state index in [4.69, 9.17) is 18.9 Å². The molecule has 0 aliphatic carbocycles. The van der Waals surface area contributed by atoms with Crippen LogP contribution >= 0.6 is 0 Å². The van der Waals surface area contributed by atoms with Crippen LogP contribution in [0.5, 0.6) is 0 Å². The van der Waals surface area contributed by atoms with Crippen LogP contribution in [0.1, 0.15) is 239 Å². The zero-order valence-corrected chi connectivity index (χ0v) is 44.7. The Morgan fingerprint density at radius 1 is 0.493 bits per heavy atom. The monoisotopic (exact) mass is 1010 g/mol. The lowest BCUT2D eigenvalue weighted by Crippen LogP contribution is -2.65. The molecule has 2 saturated heterocycles. The first-order valence-corrected chi connectivity index (χ1v) is 29.1. The molecule has 0 aromatic rings. The number of aliphatic hydroxyl groups excluding tert-OH is 8. The molecule has 14 heteroatoms. The van der Waals surface area contributed by atoms with Crippen LogP contribution < -0.4 is 5.32 Å². The molecule has 0 radical (unpaired) electrons. The van der Waals surface area contributed by atoms with Crippen molar-refractivity contribution in [3.63, 3.8) is 0 Å². The molecular weight excluding hydrogens is 907 g/mol. The summed E-state index contributed by atoms with van der Waals surface area (Å²) in [7, 11) is 0. The number of hydrogen-bond acceptors (Lipinski definition) is 13. The van der Waals surface area contributed by atoms with E-state index in [1.807, 2.05) is 6.08 Å². The fraction of sp³-hybridized carbons (Fsp3) is 0.912. The normalized spacial score (nSPS) is 25.9. The van der Waals surface area contributed by atoms with Crippen molar-refractivity contribution < 1.29 is 64.6 Å². The van der Waals surface area contributed by atoms with Gasteiger partial charge >= 0.3 is 0 Å². The first-order chi connectivity index (χ1) is 34.6. The lowest BCUT2D eigenvalue weighted by atomic mass is 9.97. The molecule has 14 nitrogen and oxygen atoms in total. The summed E-state index contributed by atoms with van der Waals surface area (Å²) in [6.45, 7) is 2.81. The molecule has 418 valence electrons. The molecule has 0 bridgehead atoms. The summed E-state index contributed by atoms with van der Waals surface area (Å²) >= 11 is 0. The zero-order valence-electron chi connectivity index (χ0n) is 44.7. The van der Waals surface area contributed by atoms with Crippen molar-refractivity contribution in [1.82, 2.24) is 5.32 Å². The Hall–Kier alpha value is -1.53. The maximum absolute atomic E-state index is 13.2. The van der Waals surface area contributed by atoms with E-state index in [2.05, 4.69) is 31.3 Å². The standard InChI is InChI=1S/C57H107NO13/c1-3-5-7-9-11-13-15-17-19-21-22-23-25-26-28-30-32-34-36-38-40-46(61)45(58-49(62)41-39-37-35-33-31-29-27-24-20-18-16-14-12-10-8-6-4-2)44-68-56-54(67)52(65)55(48(43-60)70-56)71-57-53(66)51(64)50(63)47(42-59)69-57/h18,20,38,40,45-48,50-57,59-61,63-67H,3-17,19,21-37,39,41-44H2,1-2H3,(H,58,62)/b20-18-,40-38+. The maximum atomic E-state index is 13.2. The highest BCUT2D eigenvalue weighted by Crippen LogP contribution is 2.30. The van der Waals surface area contributed by atoms with Gasteiger partial charge in [0.15, 0.2) is 12.6 Å². The molecule has 12 atom stereocenters. The van der Waals surface area contributed by atoms with Crippen LogP contribution in [0.15, 0.2) is 24.3 Å². The largest absolute Gasteiger partial charge is 0.394 e. The number of allylic oxidation sites excluding steroid dienone is 3. The maximum Gasteiger partial charge on any atom is 0.220 e. The van der Waals surface area contributed by atoms with E-state index in [-0.39, 0.29) is 18.9 Å². The molecule has 2 aliphatic heterocycles. The second-order valence-electron chi connectivity index (χ2n) is 20.8. The van der Waals surface area contributed by atoms with Gasteiger partial charge in [-0.2, -0.15) is 0 Å². The minimum atomic E-state index is -1.79. The number of carbonyl (C=O) groups excluding carboxylic acids is 1. The summed E-state index contributed by atoms with van der Waals surface area (Å²) in [5.41, 5.74) is 0.